The highest BCUT2D eigenvalue weighted by molar-refractivity contribution is 6.62. The molecule has 2 saturated heterocycles. The molecule has 0 saturated carbocycles. The molecule has 2 aliphatic rings. The first-order valence-electron chi connectivity index (χ1n) is 11.0. The summed E-state index contributed by atoms with van der Waals surface area (Å²) in [5, 5.41) is 0. The number of carbonyl (C=O) groups excluding carboxylic acids is 1. The summed E-state index contributed by atoms with van der Waals surface area (Å²) in [7, 11) is 0. The fourth-order valence-corrected chi connectivity index (χ4v) is 5.42. The second kappa shape index (κ2) is 10.2. The summed E-state index contributed by atoms with van der Waals surface area (Å²) in [6.45, 7) is 5.77. The van der Waals surface area contributed by atoms with E-state index in [2.05, 4.69) is 19.9 Å². The van der Waals surface area contributed by atoms with E-state index in [1.807, 2.05) is 18.2 Å². The summed E-state index contributed by atoms with van der Waals surface area (Å²) in [6, 6.07) is 9.23. The molecule has 2 aliphatic heterocycles. The van der Waals surface area contributed by atoms with Gasteiger partial charge in [0.15, 0.2) is 0 Å². The van der Waals surface area contributed by atoms with Gasteiger partial charge in [0.25, 0.3) is 0 Å². The van der Waals surface area contributed by atoms with Crippen LogP contribution in [-0.2, 0) is 4.74 Å². The van der Waals surface area contributed by atoms with Crippen LogP contribution in [0, 0.1) is 5.92 Å². The van der Waals surface area contributed by atoms with Gasteiger partial charge in [-0.3, -0.25) is 0 Å². The maximum atomic E-state index is 12.0. The average Bonchev–Trinajstić information content (AvgIpc) is 2.66. The fourth-order valence-electron chi connectivity index (χ4n) is 5.42. The van der Waals surface area contributed by atoms with Crippen LogP contribution in [0.5, 0.6) is 0 Å². The molecule has 2 nitrogen and oxygen atoms in total. The van der Waals surface area contributed by atoms with Gasteiger partial charge in [-0.15, -0.1) is 0 Å². The normalized spacial score (nSPS) is 23.8. The van der Waals surface area contributed by atoms with Gasteiger partial charge in [-0.05, 0) is 37.0 Å². The maximum Gasteiger partial charge on any atom is 0.338 e. The van der Waals surface area contributed by atoms with Crippen molar-refractivity contribution >= 4 is 12.7 Å². The number of rotatable bonds is 8. The molecular weight excluding hydrogens is 331 g/mol. The third-order valence-electron chi connectivity index (χ3n) is 6.72. The van der Waals surface area contributed by atoms with Gasteiger partial charge in [0.1, 0.15) is 13.3 Å². The number of carbonyl (C=O) groups is 1. The van der Waals surface area contributed by atoms with Gasteiger partial charge in [0.2, 0.25) is 0 Å². The van der Waals surface area contributed by atoms with Gasteiger partial charge >= 0.3 is 5.97 Å². The van der Waals surface area contributed by atoms with Crippen molar-refractivity contribution in [1.29, 1.82) is 0 Å². The van der Waals surface area contributed by atoms with Crippen LogP contribution in [0.1, 0.15) is 75.6 Å². The first-order valence-corrected chi connectivity index (χ1v) is 11.0. The number of fused-ring (bicyclic) bond motifs is 2. The monoisotopic (exact) mass is 366 g/mol. The highest BCUT2D eigenvalue weighted by atomic mass is 16.5. The highest BCUT2D eigenvalue weighted by Gasteiger charge is 2.38. The van der Waals surface area contributed by atoms with Gasteiger partial charge in [-0.1, -0.05) is 94.1 Å². The summed E-state index contributed by atoms with van der Waals surface area (Å²) < 4.78 is 5.43. The van der Waals surface area contributed by atoms with Crippen molar-refractivity contribution in [3.8, 4) is 0 Å². The molecule has 1 unspecified atom stereocenters. The van der Waals surface area contributed by atoms with Gasteiger partial charge in [-0.25, -0.2) is 4.79 Å². The molecule has 3 rings (SSSR count). The van der Waals surface area contributed by atoms with Crippen LogP contribution in [0.4, 0.5) is 0 Å². The molecule has 1 atom stereocenters. The van der Waals surface area contributed by atoms with E-state index in [4.69, 9.17) is 4.74 Å². The molecule has 1 aromatic carbocycles. The smallest absolute Gasteiger partial charge is 0.338 e. The first kappa shape index (κ1) is 20.2. The van der Waals surface area contributed by atoms with Crippen molar-refractivity contribution in [3.05, 3.63) is 47.5 Å². The first-order chi connectivity index (χ1) is 13.1. The molecule has 2 heterocycles. The summed E-state index contributed by atoms with van der Waals surface area (Å²) >= 11 is 0. The van der Waals surface area contributed by atoms with E-state index < -0.39 is 0 Å². The molecule has 1 aromatic rings. The Labute approximate surface area is 165 Å². The maximum absolute atomic E-state index is 12.0. The second-order valence-corrected chi connectivity index (χ2v) is 8.91. The number of allylic oxidation sites excluding steroid dienone is 1. The Morgan fingerprint density at radius 1 is 1.15 bits per heavy atom. The second-order valence-electron chi connectivity index (χ2n) is 8.91. The zero-order chi connectivity index (χ0) is 19.1. The van der Waals surface area contributed by atoms with E-state index in [9.17, 15) is 4.79 Å². The molecule has 2 fully saturated rings. The lowest BCUT2D eigenvalue weighted by atomic mass is 9.26. The minimum absolute atomic E-state index is 0.236. The summed E-state index contributed by atoms with van der Waals surface area (Å²) in [5.74, 6) is 2.38. The standard InChI is InChI=1S/C24H35BO2/c1-19(9-8-16-25-22-12-6-13-23(25)15-7-14-22)17-20(2)18-27-24(26)21-10-4-3-5-11-21/h3-5,10-11,17,19,22-23H,6-9,12-16,18H2,1-2H3/b20-17+. The number of hydrogen-bond donors (Lipinski definition) is 0. The number of hydrogen-bond acceptors (Lipinski definition) is 2. The lowest BCUT2D eigenvalue weighted by Gasteiger charge is -2.40. The zero-order valence-corrected chi connectivity index (χ0v) is 17.2. The summed E-state index contributed by atoms with van der Waals surface area (Å²) in [5.41, 5.74) is 1.78. The number of benzene rings is 1. The lowest BCUT2D eigenvalue weighted by Crippen LogP contribution is -2.34. The predicted molar refractivity (Wildman–Crippen MR) is 115 cm³/mol. The average molecular weight is 366 g/mol. The Balaban J connectivity index is 1.37. The molecule has 2 bridgehead atoms. The lowest BCUT2D eigenvalue weighted by molar-refractivity contribution is 0.0539. The topological polar surface area (TPSA) is 26.3 Å². The van der Waals surface area contributed by atoms with Gasteiger partial charge in [0, 0.05) is 0 Å². The molecule has 0 radical (unpaired) electrons. The van der Waals surface area contributed by atoms with Crippen LogP contribution < -0.4 is 0 Å². The Kier molecular flexibility index (Phi) is 7.61. The molecule has 0 aliphatic carbocycles. The quantitative estimate of drug-likeness (QED) is 0.287. The van der Waals surface area contributed by atoms with Gasteiger partial charge in [-0.2, -0.15) is 0 Å². The largest absolute Gasteiger partial charge is 0.458 e. The Hall–Kier alpha value is -1.51. The minimum Gasteiger partial charge on any atom is -0.458 e. The molecule has 146 valence electrons. The Morgan fingerprint density at radius 2 is 1.78 bits per heavy atom. The Bertz CT molecular complexity index is 603. The fraction of sp³-hybridized carbons (Fsp3) is 0.625. The molecule has 0 spiro atoms. The minimum atomic E-state index is -0.236. The van der Waals surface area contributed by atoms with Crippen molar-refractivity contribution in [1.82, 2.24) is 0 Å². The van der Waals surface area contributed by atoms with E-state index in [0.29, 0.717) is 18.1 Å². The van der Waals surface area contributed by atoms with E-state index >= 15 is 0 Å². The van der Waals surface area contributed by atoms with E-state index in [1.165, 1.54) is 57.7 Å². The molecular formula is C24H35BO2. The highest BCUT2D eigenvalue weighted by Crippen LogP contribution is 2.48. The van der Waals surface area contributed by atoms with Crippen LogP contribution in [-0.4, -0.2) is 19.3 Å². The van der Waals surface area contributed by atoms with Crippen LogP contribution in [0.2, 0.25) is 18.0 Å². The van der Waals surface area contributed by atoms with Crippen molar-refractivity contribution in [3.63, 3.8) is 0 Å². The van der Waals surface area contributed by atoms with Crippen molar-refractivity contribution in [2.45, 2.75) is 83.2 Å². The van der Waals surface area contributed by atoms with Crippen LogP contribution in [0.3, 0.4) is 0 Å². The van der Waals surface area contributed by atoms with Gasteiger partial charge < -0.3 is 4.74 Å². The zero-order valence-electron chi connectivity index (χ0n) is 17.2. The molecule has 27 heavy (non-hydrogen) atoms. The summed E-state index contributed by atoms with van der Waals surface area (Å²) in [4.78, 5) is 12.0. The van der Waals surface area contributed by atoms with Crippen LogP contribution in [0.15, 0.2) is 42.0 Å². The van der Waals surface area contributed by atoms with Gasteiger partial charge in [0.05, 0.1) is 5.56 Å². The molecule has 0 amide bonds. The predicted octanol–water partition coefficient (Wildman–Crippen LogP) is 6.81. The van der Waals surface area contributed by atoms with Crippen molar-refractivity contribution in [2.24, 2.45) is 5.92 Å². The SMILES string of the molecule is C/C(=C\C(C)CCCB1C2CCCC1CCC2)COC(=O)c1ccccc1. The van der Waals surface area contributed by atoms with Crippen LogP contribution in [0.25, 0.3) is 0 Å². The van der Waals surface area contributed by atoms with Crippen molar-refractivity contribution in [2.75, 3.05) is 6.61 Å². The number of ether oxygens (including phenoxy) is 1. The van der Waals surface area contributed by atoms with E-state index in [0.717, 1.165) is 23.9 Å². The van der Waals surface area contributed by atoms with Crippen LogP contribution >= 0.6 is 0 Å². The number of esters is 1. The van der Waals surface area contributed by atoms with Crippen molar-refractivity contribution < 1.29 is 9.53 Å². The third kappa shape index (κ3) is 5.99. The summed E-state index contributed by atoms with van der Waals surface area (Å²) in [6.07, 6.45) is 15.2. The molecule has 0 aromatic heterocycles. The Morgan fingerprint density at radius 3 is 2.41 bits per heavy atom. The third-order valence-corrected chi connectivity index (χ3v) is 6.72. The van der Waals surface area contributed by atoms with E-state index in [1.54, 1.807) is 12.1 Å². The molecule has 3 heteroatoms. The van der Waals surface area contributed by atoms with E-state index in [-0.39, 0.29) is 5.97 Å². The molecule has 0 N–H and O–H groups in total.